The Morgan fingerprint density at radius 1 is 1.04 bits per heavy atom. The molecule has 0 aliphatic carbocycles. The topological polar surface area (TPSA) is 57.0 Å². The van der Waals surface area contributed by atoms with Gasteiger partial charge in [-0.3, -0.25) is 14.5 Å². The molecule has 0 bridgehead atoms. The number of hydrogen-bond donors (Lipinski definition) is 0. The second-order valence-corrected chi connectivity index (χ2v) is 7.02. The summed E-state index contributed by atoms with van der Waals surface area (Å²) < 4.78 is 5.43. The highest BCUT2D eigenvalue weighted by molar-refractivity contribution is 5.93. The van der Waals surface area contributed by atoms with Crippen LogP contribution in [-0.4, -0.2) is 72.3 Å². The fourth-order valence-electron chi connectivity index (χ4n) is 3.48. The third-order valence-corrected chi connectivity index (χ3v) is 4.99. The number of carbonyl (C=O) groups excluding carboxylic acids is 2. The van der Waals surface area contributed by atoms with Crippen molar-refractivity contribution in [2.75, 3.05) is 45.8 Å². The number of piperazine rings is 1. The first-order valence-electron chi connectivity index (χ1n) is 8.93. The van der Waals surface area contributed by atoms with Crippen LogP contribution in [0.2, 0.25) is 0 Å². The zero-order chi connectivity index (χ0) is 17.1. The largest absolute Gasteiger partial charge is 0.459 e. The van der Waals surface area contributed by atoms with E-state index in [2.05, 4.69) is 18.7 Å². The fourth-order valence-corrected chi connectivity index (χ4v) is 3.48. The van der Waals surface area contributed by atoms with Crippen molar-refractivity contribution in [1.29, 1.82) is 0 Å². The summed E-state index contributed by atoms with van der Waals surface area (Å²) in [5.74, 6) is 0.827. The zero-order valence-corrected chi connectivity index (χ0v) is 14.7. The van der Waals surface area contributed by atoms with Gasteiger partial charge in [-0.05, 0) is 37.9 Å². The van der Waals surface area contributed by atoms with Gasteiger partial charge >= 0.3 is 0 Å². The number of amides is 2. The molecule has 0 atom stereocenters. The van der Waals surface area contributed by atoms with Gasteiger partial charge in [-0.25, -0.2) is 0 Å². The van der Waals surface area contributed by atoms with Crippen molar-refractivity contribution < 1.29 is 14.0 Å². The molecule has 24 heavy (non-hydrogen) atoms. The molecule has 0 unspecified atom stereocenters. The summed E-state index contributed by atoms with van der Waals surface area (Å²) in [6, 6.07) is 1.87. The van der Waals surface area contributed by atoms with E-state index in [-0.39, 0.29) is 17.7 Å². The van der Waals surface area contributed by atoms with E-state index in [9.17, 15) is 9.59 Å². The number of carbonyl (C=O) groups is 2. The summed E-state index contributed by atoms with van der Waals surface area (Å²) >= 11 is 0. The van der Waals surface area contributed by atoms with Gasteiger partial charge in [-0.2, -0.15) is 0 Å². The van der Waals surface area contributed by atoms with Gasteiger partial charge < -0.3 is 14.2 Å². The Bertz CT molecular complexity index is 582. The van der Waals surface area contributed by atoms with Gasteiger partial charge in [0.25, 0.3) is 5.91 Å². The first-order valence-corrected chi connectivity index (χ1v) is 8.93. The molecule has 2 saturated heterocycles. The lowest BCUT2D eigenvalue weighted by Gasteiger charge is -2.35. The summed E-state index contributed by atoms with van der Waals surface area (Å²) in [4.78, 5) is 30.9. The molecule has 2 amide bonds. The number of nitrogens with zero attached hydrogens (tertiary/aromatic N) is 3. The lowest BCUT2D eigenvalue weighted by atomic mass is 10.0. The molecule has 0 radical (unpaired) electrons. The number of furan rings is 1. The molecule has 2 aliphatic heterocycles. The van der Waals surface area contributed by atoms with Crippen LogP contribution in [0.5, 0.6) is 0 Å². The average molecular weight is 333 g/mol. The monoisotopic (exact) mass is 333 g/mol. The van der Waals surface area contributed by atoms with Crippen molar-refractivity contribution in [1.82, 2.24) is 14.7 Å². The van der Waals surface area contributed by atoms with Crippen LogP contribution >= 0.6 is 0 Å². The van der Waals surface area contributed by atoms with Crippen molar-refractivity contribution in [3.8, 4) is 0 Å². The van der Waals surface area contributed by atoms with Gasteiger partial charge in [0.1, 0.15) is 0 Å². The highest BCUT2D eigenvalue weighted by Crippen LogP contribution is 2.22. The van der Waals surface area contributed by atoms with Crippen LogP contribution in [0.15, 0.2) is 16.7 Å². The Morgan fingerprint density at radius 2 is 1.67 bits per heavy atom. The molecule has 6 heteroatoms. The van der Waals surface area contributed by atoms with E-state index in [1.54, 1.807) is 11.2 Å². The molecule has 0 aromatic carbocycles. The molecular formula is C18H27N3O3. The Labute approximate surface area is 143 Å². The van der Waals surface area contributed by atoms with Crippen molar-refractivity contribution in [3.05, 3.63) is 23.7 Å². The second kappa shape index (κ2) is 7.38. The minimum Gasteiger partial charge on any atom is -0.459 e. The van der Waals surface area contributed by atoms with Crippen LogP contribution in [0.3, 0.4) is 0 Å². The van der Waals surface area contributed by atoms with Crippen molar-refractivity contribution in [2.24, 2.45) is 0 Å². The fraction of sp³-hybridized carbons (Fsp3) is 0.667. The summed E-state index contributed by atoms with van der Waals surface area (Å²) in [7, 11) is 0. The minimum atomic E-state index is -0.0599. The standard InChI is InChI=1S/C18H27N3O3/c1-14(2)15-5-12-24-17(15)18(23)21-10-8-20(9-11-21)16(22)13-19-6-3-4-7-19/h5,12,14H,3-4,6-11,13H2,1-2H3. The highest BCUT2D eigenvalue weighted by Gasteiger charge is 2.29. The normalized spacial score (nSPS) is 19.3. The molecular weight excluding hydrogens is 306 g/mol. The first kappa shape index (κ1) is 17.0. The van der Waals surface area contributed by atoms with E-state index in [4.69, 9.17) is 4.42 Å². The van der Waals surface area contributed by atoms with Crippen LogP contribution in [-0.2, 0) is 4.79 Å². The minimum absolute atomic E-state index is 0.0599. The van der Waals surface area contributed by atoms with Crippen molar-refractivity contribution in [2.45, 2.75) is 32.6 Å². The predicted molar refractivity (Wildman–Crippen MR) is 91.0 cm³/mol. The van der Waals surface area contributed by atoms with Gasteiger partial charge in [-0.15, -0.1) is 0 Å². The molecule has 6 nitrogen and oxygen atoms in total. The average Bonchev–Trinajstić information content (AvgIpc) is 3.25. The number of rotatable bonds is 4. The molecule has 2 aliphatic rings. The molecule has 2 fully saturated rings. The SMILES string of the molecule is CC(C)c1ccoc1C(=O)N1CCN(C(=O)CN2CCCC2)CC1. The summed E-state index contributed by atoms with van der Waals surface area (Å²) in [6.45, 7) is 9.04. The van der Waals surface area contributed by atoms with Crippen molar-refractivity contribution >= 4 is 11.8 Å². The van der Waals surface area contributed by atoms with Crippen LogP contribution in [0, 0.1) is 0 Å². The highest BCUT2D eigenvalue weighted by atomic mass is 16.3. The Kier molecular flexibility index (Phi) is 5.23. The molecule has 1 aromatic rings. The zero-order valence-electron chi connectivity index (χ0n) is 14.7. The summed E-state index contributed by atoms with van der Waals surface area (Å²) in [5.41, 5.74) is 0.951. The molecule has 0 spiro atoms. The maximum atomic E-state index is 12.7. The van der Waals surface area contributed by atoms with E-state index in [0.717, 1.165) is 18.7 Å². The first-order chi connectivity index (χ1) is 11.6. The number of hydrogen-bond acceptors (Lipinski definition) is 4. The quantitative estimate of drug-likeness (QED) is 0.843. The van der Waals surface area contributed by atoms with Crippen LogP contribution < -0.4 is 0 Å². The van der Waals surface area contributed by atoms with E-state index < -0.39 is 0 Å². The number of likely N-dealkylation sites (tertiary alicyclic amines) is 1. The molecule has 132 valence electrons. The van der Waals surface area contributed by atoms with Crippen LogP contribution in [0.4, 0.5) is 0 Å². The lowest BCUT2D eigenvalue weighted by molar-refractivity contribution is -0.133. The molecule has 0 N–H and O–H groups in total. The second-order valence-electron chi connectivity index (χ2n) is 7.02. The Hall–Kier alpha value is -1.82. The Balaban J connectivity index is 1.53. The van der Waals surface area contributed by atoms with Crippen LogP contribution in [0.1, 0.15) is 48.7 Å². The van der Waals surface area contributed by atoms with E-state index >= 15 is 0 Å². The summed E-state index contributed by atoms with van der Waals surface area (Å²) in [5, 5.41) is 0. The molecule has 3 heterocycles. The van der Waals surface area contributed by atoms with Gasteiger partial charge in [0, 0.05) is 31.7 Å². The molecule has 1 aromatic heterocycles. The van der Waals surface area contributed by atoms with Crippen LogP contribution in [0.25, 0.3) is 0 Å². The molecule has 3 rings (SSSR count). The van der Waals surface area contributed by atoms with E-state index in [1.807, 2.05) is 11.0 Å². The maximum absolute atomic E-state index is 12.7. The van der Waals surface area contributed by atoms with Gasteiger partial charge in [0.15, 0.2) is 5.76 Å². The molecule has 0 saturated carbocycles. The van der Waals surface area contributed by atoms with Crippen molar-refractivity contribution in [3.63, 3.8) is 0 Å². The van der Waals surface area contributed by atoms with Gasteiger partial charge in [0.05, 0.1) is 12.8 Å². The Morgan fingerprint density at radius 3 is 2.29 bits per heavy atom. The third kappa shape index (κ3) is 3.64. The van der Waals surface area contributed by atoms with Gasteiger partial charge in [-0.1, -0.05) is 13.8 Å². The van der Waals surface area contributed by atoms with E-state index in [0.29, 0.717) is 38.5 Å². The third-order valence-electron chi connectivity index (χ3n) is 4.99. The maximum Gasteiger partial charge on any atom is 0.289 e. The summed E-state index contributed by atoms with van der Waals surface area (Å²) in [6.07, 6.45) is 3.96. The lowest BCUT2D eigenvalue weighted by Crippen LogP contribution is -2.52. The predicted octanol–water partition coefficient (Wildman–Crippen LogP) is 1.78. The van der Waals surface area contributed by atoms with E-state index in [1.165, 1.54) is 12.8 Å². The van der Waals surface area contributed by atoms with Gasteiger partial charge in [0.2, 0.25) is 5.91 Å². The smallest absolute Gasteiger partial charge is 0.289 e.